The van der Waals surface area contributed by atoms with Crippen molar-refractivity contribution in [1.82, 2.24) is 9.88 Å². The van der Waals surface area contributed by atoms with Crippen molar-refractivity contribution in [2.75, 3.05) is 25.5 Å². The summed E-state index contributed by atoms with van der Waals surface area (Å²) in [6.07, 6.45) is 3.99. The Kier molecular flexibility index (Phi) is 5.45. The van der Waals surface area contributed by atoms with E-state index in [-0.39, 0.29) is 18.2 Å². The Hall–Kier alpha value is -2.99. The average Bonchev–Trinajstić information content (AvgIpc) is 3.39. The molecule has 29 heavy (non-hydrogen) atoms. The molecule has 3 aromatic rings. The minimum absolute atomic E-state index is 0.0999. The fraction of sp³-hybridized carbons (Fsp3) is 0.273. The molecule has 0 radical (unpaired) electrons. The third kappa shape index (κ3) is 4.07. The van der Waals surface area contributed by atoms with Gasteiger partial charge in [0.2, 0.25) is 5.91 Å². The van der Waals surface area contributed by atoms with Gasteiger partial charge in [-0.05, 0) is 54.8 Å². The number of hydrogen-bond donors (Lipinski definition) is 2. The molecule has 1 aliphatic heterocycles. The number of carbonyl (C=O) groups excluding carboxylic acids is 2. The number of rotatable bonds is 5. The van der Waals surface area contributed by atoms with Crippen molar-refractivity contribution in [3.05, 3.63) is 58.7 Å². The van der Waals surface area contributed by atoms with E-state index >= 15 is 0 Å². The first kappa shape index (κ1) is 19.3. The van der Waals surface area contributed by atoms with Crippen molar-refractivity contribution in [2.24, 2.45) is 0 Å². The van der Waals surface area contributed by atoms with Gasteiger partial charge in [-0.25, -0.2) is 0 Å². The summed E-state index contributed by atoms with van der Waals surface area (Å²) in [7, 11) is 1.61. The van der Waals surface area contributed by atoms with Crippen molar-refractivity contribution in [2.45, 2.75) is 19.3 Å². The first-order chi connectivity index (χ1) is 14.0. The maximum absolute atomic E-state index is 12.9. The van der Waals surface area contributed by atoms with Gasteiger partial charge in [0.15, 0.2) is 0 Å². The molecule has 4 rings (SSSR count). The number of aromatic nitrogens is 1. The van der Waals surface area contributed by atoms with Gasteiger partial charge in [-0.15, -0.1) is 0 Å². The summed E-state index contributed by atoms with van der Waals surface area (Å²) >= 11 is 6.11. The fourth-order valence-corrected chi connectivity index (χ4v) is 3.86. The highest BCUT2D eigenvalue weighted by Crippen LogP contribution is 2.26. The highest BCUT2D eigenvalue weighted by molar-refractivity contribution is 6.31. The lowest BCUT2D eigenvalue weighted by molar-refractivity contribution is -0.115. The Morgan fingerprint density at radius 1 is 1.17 bits per heavy atom. The number of anilines is 1. The van der Waals surface area contributed by atoms with Crippen LogP contribution in [0.2, 0.25) is 5.02 Å². The van der Waals surface area contributed by atoms with Crippen LogP contribution < -0.4 is 10.1 Å². The van der Waals surface area contributed by atoms with Gasteiger partial charge in [-0.2, -0.15) is 0 Å². The first-order valence-electron chi connectivity index (χ1n) is 9.58. The van der Waals surface area contributed by atoms with Crippen LogP contribution in [-0.2, 0) is 11.2 Å². The van der Waals surface area contributed by atoms with Crippen LogP contribution in [0.15, 0.2) is 42.6 Å². The molecule has 1 aromatic heterocycles. The minimum atomic E-state index is -0.202. The lowest BCUT2D eigenvalue weighted by atomic mass is 10.1. The lowest BCUT2D eigenvalue weighted by Gasteiger charge is -2.18. The molecule has 0 aliphatic carbocycles. The average molecular weight is 412 g/mol. The van der Waals surface area contributed by atoms with Crippen LogP contribution in [0.4, 0.5) is 5.69 Å². The number of halogens is 1. The summed E-state index contributed by atoms with van der Waals surface area (Å²) < 4.78 is 5.28. The van der Waals surface area contributed by atoms with Gasteiger partial charge in [0.05, 0.1) is 24.8 Å². The molecule has 2 N–H and O–H groups in total. The minimum Gasteiger partial charge on any atom is -0.497 e. The van der Waals surface area contributed by atoms with Crippen LogP contribution >= 0.6 is 11.6 Å². The maximum atomic E-state index is 12.9. The second-order valence-corrected chi connectivity index (χ2v) is 7.58. The Labute approximate surface area is 173 Å². The van der Waals surface area contributed by atoms with Gasteiger partial charge in [0.1, 0.15) is 5.75 Å². The van der Waals surface area contributed by atoms with Gasteiger partial charge < -0.3 is 19.9 Å². The number of hydrogen-bond acceptors (Lipinski definition) is 3. The Morgan fingerprint density at radius 3 is 2.72 bits per heavy atom. The SMILES string of the molecule is COc1ccc2[nH]cc(CC(=O)Nc3ccc(Cl)cc3C(=O)N3CCCC3)c2c1. The predicted molar refractivity (Wildman–Crippen MR) is 114 cm³/mol. The molecule has 7 heteroatoms. The normalized spacial score (nSPS) is 13.7. The Balaban J connectivity index is 1.55. The molecule has 0 bridgehead atoms. The van der Waals surface area contributed by atoms with E-state index in [1.165, 1.54) is 0 Å². The van der Waals surface area contributed by atoms with Crippen molar-refractivity contribution >= 4 is 40.0 Å². The highest BCUT2D eigenvalue weighted by Gasteiger charge is 2.23. The molecule has 2 heterocycles. The number of fused-ring (bicyclic) bond motifs is 1. The Morgan fingerprint density at radius 2 is 1.97 bits per heavy atom. The molecule has 0 saturated carbocycles. The van der Waals surface area contributed by atoms with Crippen molar-refractivity contribution in [3.63, 3.8) is 0 Å². The van der Waals surface area contributed by atoms with Crippen molar-refractivity contribution in [3.8, 4) is 5.75 Å². The standard InChI is InChI=1S/C22H22ClN3O3/c1-29-16-5-7-19-17(12-16)14(13-24-19)10-21(27)25-20-6-4-15(23)11-18(20)22(28)26-8-2-3-9-26/h4-7,11-13,24H,2-3,8-10H2,1H3,(H,25,27). The van der Waals surface area contributed by atoms with Gasteiger partial charge in [-0.1, -0.05) is 11.6 Å². The van der Waals surface area contributed by atoms with E-state index in [1.807, 2.05) is 24.4 Å². The third-order valence-electron chi connectivity index (χ3n) is 5.20. The topological polar surface area (TPSA) is 74.4 Å². The van der Waals surface area contributed by atoms with Crippen LogP contribution in [0, 0.1) is 0 Å². The number of nitrogens with zero attached hydrogens (tertiary/aromatic N) is 1. The summed E-state index contributed by atoms with van der Waals surface area (Å²) in [6, 6.07) is 10.7. The number of methoxy groups -OCH3 is 1. The second-order valence-electron chi connectivity index (χ2n) is 7.14. The number of ether oxygens (including phenoxy) is 1. The highest BCUT2D eigenvalue weighted by atomic mass is 35.5. The molecule has 1 fully saturated rings. The zero-order valence-corrected chi connectivity index (χ0v) is 16.9. The number of H-pyrrole nitrogens is 1. The summed E-state index contributed by atoms with van der Waals surface area (Å²) in [5, 5.41) is 4.28. The maximum Gasteiger partial charge on any atom is 0.256 e. The van der Waals surface area contributed by atoms with E-state index in [1.54, 1.807) is 30.2 Å². The van der Waals surface area contributed by atoms with E-state index in [2.05, 4.69) is 10.3 Å². The van der Waals surface area contributed by atoms with E-state index < -0.39 is 0 Å². The van der Waals surface area contributed by atoms with E-state index in [0.29, 0.717) is 16.3 Å². The fourth-order valence-electron chi connectivity index (χ4n) is 3.69. The molecule has 150 valence electrons. The quantitative estimate of drug-likeness (QED) is 0.659. The first-order valence-corrected chi connectivity index (χ1v) is 9.95. The van der Waals surface area contributed by atoms with E-state index in [4.69, 9.17) is 16.3 Å². The Bertz CT molecular complexity index is 1070. The van der Waals surface area contributed by atoms with Crippen molar-refractivity contribution in [1.29, 1.82) is 0 Å². The molecule has 1 saturated heterocycles. The molecule has 2 aromatic carbocycles. The van der Waals surface area contributed by atoms with Crippen LogP contribution in [0.1, 0.15) is 28.8 Å². The second kappa shape index (κ2) is 8.17. The number of carbonyl (C=O) groups is 2. The summed E-state index contributed by atoms with van der Waals surface area (Å²) in [5.74, 6) is 0.429. The molecule has 6 nitrogen and oxygen atoms in total. The lowest BCUT2D eigenvalue weighted by Crippen LogP contribution is -2.29. The van der Waals surface area contributed by atoms with Crippen LogP contribution in [0.3, 0.4) is 0 Å². The smallest absolute Gasteiger partial charge is 0.256 e. The van der Waals surface area contributed by atoms with Crippen LogP contribution in [0.5, 0.6) is 5.75 Å². The molecule has 2 amide bonds. The zero-order chi connectivity index (χ0) is 20.4. The summed E-state index contributed by atoms with van der Waals surface area (Å²) in [6.45, 7) is 1.46. The summed E-state index contributed by atoms with van der Waals surface area (Å²) in [4.78, 5) is 30.6. The van der Waals surface area contributed by atoms with E-state index in [0.717, 1.165) is 48.1 Å². The molecule has 0 spiro atoms. The third-order valence-corrected chi connectivity index (χ3v) is 5.44. The van der Waals surface area contributed by atoms with Crippen LogP contribution in [-0.4, -0.2) is 41.9 Å². The molecule has 0 unspecified atom stereocenters. The number of nitrogens with one attached hydrogen (secondary N) is 2. The number of amides is 2. The molecular formula is C22H22ClN3O3. The monoisotopic (exact) mass is 411 g/mol. The van der Waals surface area contributed by atoms with E-state index in [9.17, 15) is 9.59 Å². The largest absolute Gasteiger partial charge is 0.497 e. The van der Waals surface area contributed by atoms with Gasteiger partial charge in [0.25, 0.3) is 5.91 Å². The van der Waals surface area contributed by atoms with Crippen molar-refractivity contribution < 1.29 is 14.3 Å². The number of aromatic amines is 1. The van der Waals surface area contributed by atoms with Gasteiger partial charge in [-0.3, -0.25) is 9.59 Å². The van der Waals surface area contributed by atoms with Gasteiger partial charge in [0, 0.05) is 35.2 Å². The number of likely N-dealkylation sites (tertiary alicyclic amines) is 1. The number of benzene rings is 2. The van der Waals surface area contributed by atoms with Gasteiger partial charge >= 0.3 is 0 Å². The molecular weight excluding hydrogens is 390 g/mol. The molecule has 0 atom stereocenters. The van der Waals surface area contributed by atoms with Crippen LogP contribution in [0.25, 0.3) is 10.9 Å². The predicted octanol–water partition coefficient (Wildman–Crippen LogP) is 4.25. The zero-order valence-electron chi connectivity index (χ0n) is 16.1. The molecule has 1 aliphatic rings. The summed E-state index contributed by atoms with van der Waals surface area (Å²) in [5.41, 5.74) is 2.70.